The second-order valence-electron chi connectivity index (χ2n) is 6.74. The summed E-state index contributed by atoms with van der Waals surface area (Å²) in [6.45, 7) is 2.46. The van der Waals surface area contributed by atoms with Gasteiger partial charge in [-0.1, -0.05) is 36.0 Å². The SMILES string of the molecule is COC(=O)C1=C(OCc2ccccc2C)CC(n2cnc3ccc(OC)cc32)S1. The van der Waals surface area contributed by atoms with Gasteiger partial charge in [-0.15, -0.1) is 0 Å². The molecule has 7 heteroatoms. The number of hydrogen-bond acceptors (Lipinski definition) is 6. The highest BCUT2D eigenvalue weighted by molar-refractivity contribution is 8.04. The predicted octanol–water partition coefficient (Wildman–Crippen LogP) is 4.59. The van der Waals surface area contributed by atoms with Crippen molar-refractivity contribution in [3.8, 4) is 5.75 Å². The average molecular weight is 410 g/mol. The number of hydrogen-bond donors (Lipinski definition) is 0. The van der Waals surface area contributed by atoms with Gasteiger partial charge in [0, 0.05) is 12.5 Å². The van der Waals surface area contributed by atoms with E-state index >= 15 is 0 Å². The third-order valence-corrected chi connectivity index (χ3v) is 6.29. The minimum atomic E-state index is -0.376. The molecule has 2 aromatic carbocycles. The average Bonchev–Trinajstić information content (AvgIpc) is 3.36. The standard InChI is InChI=1S/C22H22N2O4S/c1-14-6-4-5-7-15(14)12-28-19-11-20(29-21(19)22(25)27-3)24-13-23-17-9-8-16(26-2)10-18(17)24/h4-10,13,20H,11-12H2,1-3H3. The topological polar surface area (TPSA) is 62.6 Å². The number of allylic oxidation sites excluding steroid dienone is 1. The Hall–Kier alpha value is -2.93. The molecule has 0 bridgehead atoms. The molecular formula is C22H22N2O4S. The normalized spacial score (nSPS) is 16.3. The summed E-state index contributed by atoms with van der Waals surface area (Å²) in [5, 5.41) is -0.0481. The van der Waals surface area contributed by atoms with Gasteiger partial charge in [-0.3, -0.25) is 0 Å². The number of benzene rings is 2. The molecule has 0 radical (unpaired) electrons. The van der Waals surface area contributed by atoms with Gasteiger partial charge >= 0.3 is 5.97 Å². The quantitative estimate of drug-likeness (QED) is 0.554. The zero-order chi connectivity index (χ0) is 20.4. The van der Waals surface area contributed by atoms with Crippen LogP contribution in [0, 0.1) is 6.92 Å². The van der Waals surface area contributed by atoms with Crippen LogP contribution in [-0.4, -0.2) is 29.7 Å². The number of rotatable bonds is 6. The Morgan fingerprint density at radius 2 is 2.07 bits per heavy atom. The van der Waals surface area contributed by atoms with E-state index in [-0.39, 0.29) is 11.3 Å². The van der Waals surface area contributed by atoms with Crippen LogP contribution in [-0.2, 0) is 20.9 Å². The first-order valence-electron chi connectivity index (χ1n) is 9.26. The first kappa shape index (κ1) is 19.4. The number of methoxy groups -OCH3 is 2. The molecule has 29 heavy (non-hydrogen) atoms. The second kappa shape index (κ2) is 8.21. The van der Waals surface area contributed by atoms with Gasteiger partial charge in [0.05, 0.1) is 37.0 Å². The second-order valence-corrected chi connectivity index (χ2v) is 7.93. The molecule has 0 saturated carbocycles. The van der Waals surface area contributed by atoms with Gasteiger partial charge < -0.3 is 18.8 Å². The minimum absolute atomic E-state index is 0.0481. The van der Waals surface area contributed by atoms with Crippen molar-refractivity contribution >= 4 is 28.8 Å². The molecule has 0 fully saturated rings. The smallest absolute Gasteiger partial charge is 0.347 e. The van der Waals surface area contributed by atoms with Crippen LogP contribution in [0.5, 0.6) is 5.75 Å². The summed E-state index contributed by atoms with van der Waals surface area (Å²) < 4.78 is 18.5. The van der Waals surface area contributed by atoms with Crippen molar-refractivity contribution in [1.82, 2.24) is 9.55 Å². The fraction of sp³-hybridized carbons (Fsp3) is 0.273. The molecule has 0 spiro atoms. The fourth-order valence-electron chi connectivity index (χ4n) is 3.33. The van der Waals surface area contributed by atoms with Gasteiger partial charge in [-0.05, 0) is 30.2 Å². The predicted molar refractivity (Wildman–Crippen MR) is 113 cm³/mol. The van der Waals surface area contributed by atoms with Gasteiger partial charge in [-0.2, -0.15) is 0 Å². The number of aromatic nitrogens is 2. The molecule has 0 aliphatic carbocycles. The van der Waals surface area contributed by atoms with Gasteiger partial charge in [0.1, 0.15) is 23.0 Å². The van der Waals surface area contributed by atoms with E-state index in [9.17, 15) is 4.79 Å². The first-order valence-corrected chi connectivity index (χ1v) is 10.1. The lowest BCUT2D eigenvalue weighted by Gasteiger charge is -2.14. The van der Waals surface area contributed by atoms with Crippen molar-refractivity contribution in [2.45, 2.75) is 25.3 Å². The number of nitrogens with zero attached hydrogens (tertiary/aromatic N) is 2. The molecule has 4 rings (SSSR count). The van der Waals surface area contributed by atoms with Crippen LogP contribution in [0.25, 0.3) is 11.0 Å². The Morgan fingerprint density at radius 3 is 2.83 bits per heavy atom. The summed E-state index contributed by atoms with van der Waals surface area (Å²) in [4.78, 5) is 17.3. The number of ether oxygens (including phenoxy) is 3. The van der Waals surface area contributed by atoms with Crippen LogP contribution in [0.2, 0.25) is 0 Å². The lowest BCUT2D eigenvalue weighted by molar-refractivity contribution is -0.135. The first-order chi connectivity index (χ1) is 14.1. The zero-order valence-electron chi connectivity index (χ0n) is 16.5. The van der Waals surface area contributed by atoms with Gasteiger partial charge in [0.25, 0.3) is 0 Å². The summed E-state index contributed by atoms with van der Waals surface area (Å²) in [6.07, 6.45) is 2.37. The van der Waals surface area contributed by atoms with Crippen molar-refractivity contribution in [3.05, 3.63) is 70.6 Å². The Kier molecular flexibility index (Phi) is 5.49. The maximum atomic E-state index is 12.4. The van der Waals surface area contributed by atoms with E-state index in [0.717, 1.165) is 27.9 Å². The molecule has 2 heterocycles. The molecule has 1 atom stereocenters. The summed E-state index contributed by atoms with van der Waals surface area (Å²) >= 11 is 1.44. The number of carbonyl (C=O) groups excluding carboxylic acids is 1. The number of aryl methyl sites for hydroxylation is 1. The van der Waals surface area contributed by atoms with Crippen LogP contribution < -0.4 is 4.74 Å². The molecule has 0 saturated heterocycles. The van der Waals surface area contributed by atoms with Crippen LogP contribution in [0.3, 0.4) is 0 Å². The van der Waals surface area contributed by atoms with Crippen molar-refractivity contribution in [2.75, 3.05) is 14.2 Å². The Labute approximate surface area is 173 Å². The molecule has 6 nitrogen and oxygen atoms in total. The minimum Gasteiger partial charge on any atom is -0.497 e. The van der Waals surface area contributed by atoms with Crippen molar-refractivity contribution in [3.63, 3.8) is 0 Å². The van der Waals surface area contributed by atoms with E-state index in [1.54, 1.807) is 13.4 Å². The number of thioether (sulfide) groups is 1. The highest BCUT2D eigenvalue weighted by atomic mass is 32.2. The largest absolute Gasteiger partial charge is 0.497 e. The van der Waals surface area contributed by atoms with Crippen molar-refractivity contribution in [1.29, 1.82) is 0 Å². The summed E-state index contributed by atoms with van der Waals surface area (Å²) in [5.41, 5.74) is 4.07. The zero-order valence-corrected chi connectivity index (χ0v) is 17.4. The van der Waals surface area contributed by atoms with E-state index in [1.807, 2.05) is 49.4 Å². The number of fused-ring (bicyclic) bond motifs is 1. The number of esters is 1. The molecule has 1 unspecified atom stereocenters. The monoisotopic (exact) mass is 410 g/mol. The summed E-state index contributed by atoms with van der Waals surface area (Å²) in [6, 6.07) is 13.8. The van der Waals surface area contributed by atoms with Gasteiger partial charge in [0.2, 0.25) is 0 Å². The molecule has 3 aromatic rings. The summed E-state index contributed by atoms with van der Waals surface area (Å²) in [5.74, 6) is 1.04. The Morgan fingerprint density at radius 1 is 1.24 bits per heavy atom. The van der Waals surface area contributed by atoms with E-state index in [1.165, 1.54) is 18.9 Å². The molecular weight excluding hydrogens is 388 g/mol. The van der Waals surface area contributed by atoms with E-state index in [0.29, 0.717) is 23.7 Å². The maximum absolute atomic E-state index is 12.4. The van der Waals surface area contributed by atoms with Gasteiger partial charge in [-0.25, -0.2) is 9.78 Å². The van der Waals surface area contributed by atoms with Crippen LogP contribution in [0.4, 0.5) is 0 Å². The number of imidazole rings is 1. The lowest BCUT2D eigenvalue weighted by Crippen LogP contribution is -2.04. The maximum Gasteiger partial charge on any atom is 0.347 e. The summed E-state index contributed by atoms with van der Waals surface area (Å²) in [7, 11) is 3.03. The molecule has 0 N–H and O–H groups in total. The Bertz CT molecular complexity index is 1090. The molecule has 150 valence electrons. The Balaban J connectivity index is 1.60. The van der Waals surface area contributed by atoms with Crippen molar-refractivity contribution < 1.29 is 19.0 Å². The van der Waals surface area contributed by atoms with Crippen LogP contribution >= 0.6 is 11.8 Å². The highest BCUT2D eigenvalue weighted by Crippen LogP contribution is 2.47. The van der Waals surface area contributed by atoms with Gasteiger partial charge in [0.15, 0.2) is 0 Å². The van der Waals surface area contributed by atoms with E-state index in [2.05, 4.69) is 9.55 Å². The third-order valence-electron chi connectivity index (χ3n) is 4.99. The van der Waals surface area contributed by atoms with Crippen molar-refractivity contribution in [2.24, 2.45) is 0 Å². The number of carbonyl (C=O) groups is 1. The van der Waals surface area contributed by atoms with E-state index < -0.39 is 0 Å². The molecule has 1 aromatic heterocycles. The fourth-order valence-corrected chi connectivity index (χ4v) is 4.57. The molecule has 0 amide bonds. The molecule has 1 aliphatic heterocycles. The van der Waals surface area contributed by atoms with Crippen LogP contribution in [0.15, 0.2) is 59.5 Å². The third kappa shape index (κ3) is 3.82. The lowest BCUT2D eigenvalue weighted by atomic mass is 10.1. The molecule has 1 aliphatic rings. The van der Waals surface area contributed by atoms with E-state index in [4.69, 9.17) is 14.2 Å². The van der Waals surface area contributed by atoms with Crippen LogP contribution in [0.1, 0.15) is 22.9 Å². The highest BCUT2D eigenvalue weighted by Gasteiger charge is 2.33.